The molecule has 3 nitrogen and oxygen atoms in total. The molecule has 3 aromatic rings. The van der Waals surface area contributed by atoms with E-state index in [2.05, 4.69) is 5.10 Å². The van der Waals surface area contributed by atoms with Gasteiger partial charge in [-0.2, -0.15) is 5.10 Å². The lowest BCUT2D eigenvalue weighted by atomic mass is 9.94. The second-order valence-corrected chi connectivity index (χ2v) is 5.18. The molecule has 1 heterocycles. The quantitative estimate of drug-likeness (QED) is 0.724. The van der Waals surface area contributed by atoms with Gasteiger partial charge in [-0.15, -0.1) is 0 Å². The molecule has 0 radical (unpaired) electrons. The second-order valence-electron chi connectivity index (χ2n) is 5.18. The fourth-order valence-electron chi connectivity index (χ4n) is 2.50. The second kappa shape index (κ2) is 5.56. The van der Waals surface area contributed by atoms with Crippen molar-refractivity contribution in [1.82, 2.24) is 9.78 Å². The van der Waals surface area contributed by atoms with Gasteiger partial charge in [-0.1, -0.05) is 36.4 Å². The summed E-state index contributed by atoms with van der Waals surface area (Å²) in [5, 5.41) is 4.10. The standard InChI is InChI=1S/C18H15FN2O/c1-12-5-3-4-6-15(12)17-16(11-20-21(2)18(17)22)13-7-9-14(19)10-8-13/h3-11H,1-2H3. The van der Waals surface area contributed by atoms with E-state index < -0.39 is 0 Å². The maximum absolute atomic E-state index is 13.2. The molecule has 0 aliphatic heterocycles. The van der Waals surface area contributed by atoms with Gasteiger partial charge in [0.2, 0.25) is 0 Å². The van der Waals surface area contributed by atoms with Gasteiger partial charge in [0.05, 0.1) is 11.8 Å². The first-order valence-electron chi connectivity index (χ1n) is 6.96. The van der Waals surface area contributed by atoms with Crippen molar-refractivity contribution in [2.45, 2.75) is 6.92 Å². The topological polar surface area (TPSA) is 34.9 Å². The molecule has 0 aliphatic rings. The Balaban J connectivity index is 2.33. The van der Waals surface area contributed by atoms with Gasteiger partial charge in [0, 0.05) is 12.6 Å². The molecule has 0 spiro atoms. The fourth-order valence-corrected chi connectivity index (χ4v) is 2.50. The molecule has 1 aromatic heterocycles. The van der Waals surface area contributed by atoms with Crippen molar-refractivity contribution in [3.63, 3.8) is 0 Å². The Kier molecular flexibility index (Phi) is 3.59. The van der Waals surface area contributed by atoms with Crippen molar-refractivity contribution in [1.29, 1.82) is 0 Å². The van der Waals surface area contributed by atoms with Crippen LogP contribution in [0.15, 0.2) is 59.5 Å². The van der Waals surface area contributed by atoms with Gasteiger partial charge in [-0.25, -0.2) is 9.07 Å². The van der Waals surface area contributed by atoms with Crippen LogP contribution < -0.4 is 5.56 Å². The molecule has 110 valence electrons. The van der Waals surface area contributed by atoms with Crippen LogP contribution in [0.2, 0.25) is 0 Å². The first-order valence-corrected chi connectivity index (χ1v) is 6.96. The van der Waals surface area contributed by atoms with Crippen LogP contribution in [0, 0.1) is 12.7 Å². The van der Waals surface area contributed by atoms with Crippen molar-refractivity contribution in [2.24, 2.45) is 7.05 Å². The van der Waals surface area contributed by atoms with Crippen LogP contribution in [0.5, 0.6) is 0 Å². The minimum Gasteiger partial charge on any atom is -0.267 e. The largest absolute Gasteiger partial charge is 0.274 e. The van der Waals surface area contributed by atoms with Gasteiger partial charge < -0.3 is 0 Å². The summed E-state index contributed by atoms with van der Waals surface area (Å²) in [7, 11) is 1.62. The number of rotatable bonds is 2. The van der Waals surface area contributed by atoms with Crippen molar-refractivity contribution >= 4 is 0 Å². The molecular weight excluding hydrogens is 279 g/mol. The van der Waals surface area contributed by atoms with Crippen LogP contribution in [-0.4, -0.2) is 9.78 Å². The summed E-state index contributed by atoms with van der Waals surface area (Å²) in [5.74, 6) is -0.307. The van der Waals surface area contributed by atoms with Gasteiger partial charge in [-0.05, 0) is 35.7 Å². The molecule has 0 saturated heterocycles. The molecule has 0 unspecified atom stereocenters. The molecule has 0 atom stereocenters. The lowest BCUT2D eigenvalue weighted by Crippen LogP contribution is -2.22. The summed E-state index contributed by atoms with van der Waals surface area (Å²) in [6.07, 6.45) is 1.65. The summed E-state index contributed by atoms with van der Waals surface area (Å²) in [4.78, 5) is 12.6. The highest BCUT2D eigenvalue weighted by atomic mass is 19.1. The van der Waals surface area contributed by atoms with E-state index in [0.29, 0.717) is 11.1 Å². The maximum Gasteiger partial charge on any atom is 0.274 e. The lowest BCUT2D eigenvalue weighted by Gasteiger charge is -2.12. The fraction of sp³-hybridized carbons (Fsp3) is 0.111. The van der Waals surface area contributed by atoms with E-state index in [0.717, 1.165) is 16.7 Å². The van der Waals surface area contributed by atoms with Crippen LogP contribution in [-0.2, 0) is 7.05 Å². The molecule has 3 rings (SSSR count). The average molecular weight is 294 g/mol. The molecule has 22 heavy (non-hydrogen) atoms. The number of aryl methyl sites for hydroxylation is 2. The van der Waals surface area contributed by atoms with Crippen LogP contribution in [0.4, 0.5) is 4.39 Å². The first kappa shape index (κ1) is 14.2. The van der Waals surface area contributed by atoms with Crippen LogP contribution in [0.3, 0.4) is 0 Å². The Bertz CT molecular complexity index is 882. The van der Waals surface area contributed by atoms with Gasteiger partial charge in [0.25, 0.3) is 5.56 Å². The van der Waals surface area contributed by atoms with Crippen molar-refractivity contribution in [3.8, 4) is 22.3 Å². The minimum absolute atomic E-state index is 0.170. The van der Waals surface area contributed by atoms with E-state index in [1.165, 1.54) is 16.8 Å². The highest BCUT2D eigenvalue weighted by Gasteiger charge is 2.15. The SMILES string of the molecule is Cc1ccccc1-c1c(-c2ccc(F)cc2)cnn(C)c1=O. The molecule has 0 bridgehead atoms. The summed E-state index contributed by atoms with van der Waals surface area (Å²) in [6.45, 7) is 1.96. The minimum atomic E-state index is -0.307. The molecule has 0 N–H and O–H groups in total. The van der Waals surface area contributed by atoms with Crippen molar-refractivity contribution in [3.05, 3.63) is 76.5 Å². The third kappa shape index (κ3) is 2.44. The monoisotopic (exact) mass is 294 g/mol. The van der Waals surface area contributed by atoms with Crippen LogP contribution in [0.1, 0.15) is 5.56 Å². The Hall–Kier alpha value is -2.75. The third-order valence-electron chi connectivity index (χ3n) is 3.71. The summed E-state index contributed by atoms with van der Waals surface area (Å²) in [5.41, 5.74) is 3.76. The Morgan fingerprint density at radius 1 is 1.00 bits per heavy atom. The molecule has 4 heteroatoms. The van der Waals surface area contributed by atoms with Gasteiger partial charge in [0.15, 0.2) is 0 Å². The zero-order valence-electron chi connectivity index (χ0n) is 12.4. The predicted molar refractivity (Wildman–Crippen MR) is 85.0 cm³/mol. The number of hydrogen-bond donors (Lipinski definition) is 0. The molecular formula is C18H15FN2O. The van der Waals surface area contributed by atoms with Crippen LogP contribution in [0.25, 0.3) is 22.3 Å². The summed E-state index contributed by atoms with van der Waals surface area (Å²) < 4.78 is 14.5. The molecule has 0 fully saturated rings. The number of benzene rings is 2. The molecule has 0 aliphatic carbocycles. The maximum atomic E-state index is 13.2. The number of nitrogens with zero attached hydrogens (tertiary/aromatic N) is 2. The molecule has 0 amide bonds. The summed E-state index contributed by atoms with van der Waals surface area (Å²) in [6, 6.07) is 13.8. The van der Waals surface area contributed by atoms with E-state index in [4.69, 9.17) is 0 Å². The smallest absolute Gasteiger partial charge is 0.267 e. The highest BCUT2D eigenvalue weighted by Crippen LogP contribution is 2.30. The van der Waals surface area contributed by atoms with E-state index in [9.17, 15) is 9.18 Å². The van der Waals surface area contributed by atoms with E-state index >= 15 is 0 Å². The van der Waals surface area contributed by atoms with Gasteiger partial charge >= 0.3 is 0 Å². The third-order valence-corrected chi connectivity index (χ3v) is 3.71. The Labute approximate surface area is 127 Å². The highest BCUT2D eigenvalue weighted by molar-refractivity contribution is 5.83. The Morgan fingerprint density at radius 3 is 2.36 bits per heavy atom. The van der Waals surface area contributed by atoms with Crippen molar-refractivity contribution in [2.75, 3.05) is 0 Å². The van der Waals surface area contributed by atoms with Gasteiger partial charge in [0.1, 0.15) is 5.82 Å². The first-order chi connectivity index (χ1) is 10.6. The number of hydrogen-bond acceptors (Lipinski definition) is 2. The molecule has 2 aromatic carbocycles. The van der Waals surface area contributed by atoms with E-state index in [-0.39, 0.29) is 11.4 Å². The van der Waals surface area contributed by atoms with Gasteiger partial charge in [-0.3, -0.25) is 4.79 Å². The van der Waals surface area contributed by atoms with E-state index in [1.807, 2.05) is 31.2 Å². The lowest BCUT2D eigenvalue weighted by molar-refractivity contribution is 0.628. The van der Waals surface area contributed by atoms with Crippen LogP contribution >= 0.6 is 0 Å². The Morgan fingerprint density at radius 2 is 1.68 bits per heavy atom. The zero-order chi connectivity index (χ0) is 15.7. The number of halogens is 1. The predicted octanol–water partition coefficient (Wildman–Crippen LogP) is 3.56. The number of aromatic nitrogens is 2. The van der Waals surface area contributed by atoms with Crippen molar-refractivity contribution < 1.29 is 4.39 Å². The molecule has 0 saturated carbocycles. The normalized spacial score (nSPS) is 10.7. The average Bonchev–Trinajstić information content (AvgIpc) is 2.52. The zero-order valence-corrected chi connectivity index (χ0v) is 12.4. The summed E-state index contributed by atoms with van der Waals surface area (Å²) >= 11 is 0. The van der Waals surface area contributed by atoms with E-state index in [1.54, 1.807) is 25.4 Å².